The number of carbonyl (C=O) groups is 3. The third-order valence-corrected chi connectivity index (χ3v) is 8.28. The van der Waals surface area contributed by atoms with E-state index < -0.39 is 23.6 Å². The number of hydrogen-bond acceptors (Lipinski definition) is 5. The molecule has 0 saturated heterocycles. The summed E-state index contributed by atoms with van der Waals surface area (Å²) in [5.41, 5.74) is 10.3. The molecule has 0 radical (unpaired) electrons. The number of rotatable bonds is 9. The van der Waals surface area contributed by atoms with E-state index in [0.717, 1.165) is 48.4 Å². The van der Waals surface area contributed by atoms with Crippen molar-refractivity contribution < 1.29 is 23.2 Å². The van der Waals surface area contributed by atoms with Crippen LogP contribution >= 0.6 is 0 Å². The van der Waals surface area contributed by atoms with Crippen molar-refractivity contribution in [1.29, 1.82) is 0 Å². The lowest BCUT2D eigenvalue weighted by molar-refractivity contribution is -0.122. The van der Waals surface area contributed by atoms with Gasteiger partial charge < -0.3 is 11.1 Å². The molecule has 0 spiro atoms. The maximum atomic E-state index is 14.3. The van der Waals surface area contributed by atoms with Gasteiger partial charge in [-0.15, -0.1) is 0 Å². The number of benzene rings is 2. The number of nitrogens with zero attached hydrogens (tertiary/aromatic N) is 3. The van der Waals surface area contributed by atoms with Gasteiger partial charge in [-0.05, 0) is 85.5 Å². The first-order chi connectivity index (χ1) is 20.2. The number of nitrogens with two attached hydrogens (primary N) is 1. The largest absolute Gasteiger partial charge is 0.366 e. The zero-order valence-electron chi connectivity index (χ0n) is 22.9. The fourth-order valence-electron chi connectivity index (χ4n) is 6.64. The molecule has 2 heterocycles. The van der Waals surface area contributed by atoms with Gasteiger partial charge in [0.2, 0.25) is 5.91 Å². The van der Waals surface area contributed by atoms with Crippen molar-refractivity contribution in [3.63, 3.8) is 0 Å². The standard InChI is InChI=1S/C32H29F2N5O3/c1-17-9-18(11-22(33)10-17)12-26(30-23(3-2-8-36-30)19-6-7-25(34)24(14-19)32(35)42)37-28(41)15-39-31-21-5-4-20(13-21)29(31)27(16-40)38-39/h2-3,6-11,14,16,20-21,26H,4-5,12-13,15H2,1H3,(H2,35,42)(H,37,41)/t20?,21?,26-/m0/s1. The highest BCUT2D eigenvalue weighted by atomic mass is 19.1. The van der Waals surface area contributed by atoms with E-state index in [2.05, 4.69) is 15.4 Å². The molecule has 3 atom stereocenters. The predicted molar refractivity (Wildman–Crippen MR) is 151 cm³/mol. The van der Waals surface area contributed by atoms with Crippen LogP contribution in [0.25, 0.3) is 11.1 Å². The molecule has 0 aliphatic heterocycles. The second kappa shape index (κ2) is 10.9. The first kappa shape index (κ1) is 27.4. The zero-order valence-corrected chi connectivity index (χ0v) is 22.9. The first-order valence-electron chi connectivity index (χ1n) is 13.9. The predicted octanol–water partition coefficient (Wildman–Crippen LogP) is 4.91. The number of aryl methyl sites for hydroxylation is 1. The smallest absolute Gasteiger partial charge is 0.251 e. The highest BCUT2D eigenvalue weighted by molar-refractivity contribution is 5.94. The Bertz CT molecular complexity index is 1710. The van der Waals surface area contributed by atoms with Gasteiger partial charge in [-0.1, -0.05) is 18.2 Å². The number of amides is 2. The Morgan fingerprint density at radius 3 is 2.71 bits per heavy atom. The van der Waals surface area contributed by atoms with Gasteiger partial charge >= 0.3 is 0 Å². The van der Waals surface area contributed by atoms with E-state index in [9.17, 15) is 23.2 Å². The van der Waals surface area contributed by atoms with E-state index >= 15 is 0 Å². The summed E-state index contributed by atoms with van der Waals surface area (Å²) in [6.07, 6.45) is 5.54. The summed E-state index contributed by atoms with van der Waals surface area (Å²) in [5, 5.41) is 7.51. The van der Waals surface area contributed by atoms with Crippen LogP contribution in [0, 0.1) is 18.6 Å². The average molecular weight is 570 g/mol. The van der Waals surface area contributed by atoms with Crippen molar-refractivity contribution in [3.8, 4) is 11.1 Å². The van der Waals surface area contributed by atoms with Crippen LogP contribution in [0.4, 0.5) is 8.78 Å². The molecule has 4 aromatic rings. The van der Waals surface area contributed by atoms with Crippen LogP contribution in [0.3, 0.4) is 0 Å². The van der Waals surface area contributed by atoms with Crippen LogP contribution in [0.1, 0.15) is 86.1 Å². The number of aromatic nitrogens is 3. The van der Waals surface area contributed by atoms with Gasteiger partial charge in [-0.25, -0.2) is 8.78 Å². The molecule has 2 bridgehead atoms. The minimum Gasteiger partial charge on any atom is -0.366 e. The second-order valence-electron chi connectivity index (χ2n) is 11.1. The highest BCUT2D eigenvalue weighted by Gasteiger charge is 2.42. The van der Waals surface area contributed by atoms with Crippen LogP contribution in [0.2, 0.25) is 0 Å². The molecule has 2 amide bonds. The van der Waals surface area contributed by atoms with Crippen molar-refractivity contribution in [3.05, 3.63) is 106 Å². The number of primary amides is 1. The molecule has 6 rings (SSSR count). The fraction of sp³-hybridized carbons (Fsp3) is 0.281. The first-order valence-corrected chi connectivity index (χ1v) is 13.9. The van der Waals surface area contributed by atoms with Gasteiger partial charge in [0.25, 0.3) is 5.91 Å². The summed E-state index contributed by atoms with van der Waals surface area (Å²) in [6, 6.07) is 11.4. The van der Waals surface area contributed by atoms with Crippen LogP contribution < -0.4 is 11.1 Å². The summed E-state index contributed by atoms with van der Waals surface area (Å²) in [5.74, 6) is -1.81. The van der Waals surface area contributed by atoms with Crippen LogP contribution in [0.15, 0.2) is 54.7 Å². The summed E-state index contributed by atoms with van der Waals surface area (Å²) in [7, 11) is 0. The zero-order chi connectivity index (χ0) is 29.5. The van der Waals surface area contributed by atoms with E-state index in [-0.39, 0.29) is 30.4 Å². The van der Waals surface area contributed by atoms with E-state index in [1.54, 1.807) is 29.9 Å². The Kier molecular flexibility index (Phi) is 7.14. The fourth-order valence-corrected chi connectivity index (χ4v) is 6.64. The van der Waals surface area contributed by atoms with E-state index in [1.807, 2.05) is 6.07 Å². The molecule has 1 fully saturated rings. The molecular weight excluding hydrogens is 540 g/mol. The Morgan fingerprint density at radius 2 is 1.95 bits per heavy atom. The van der Waals surface area contributed by atoms with E-state index in [4.69, 9.17) is 5.73 Å². The maximum absolute atomic E-state index is 14.3. The number of nitrogens with one attached hydrogen (secondary N) is 1. The second-order valence-corrected chi connectivity index (χ2v) is 11.1. The lowest BCUT2D eigenvalue weighted by Gasteiger charge is -2.22. The van der Waals surface area contributed by atoms with Gasteiger partial charge in [-0.2, -0.15) is 5.10 Å². The molecular formula is C32H29F2N5O3. The number of aldehydes is 1. The molecule has 2 unspecified atom stereocenters. The molecule has 3 N–H and O–H groups in total. The molecule has 2 aromatic heterocycles. The van der Waals surface area contributed by atoms with E-state index in [1.165, 1.54) is 24.3 Å². The Labute approximate surface area is 241 Å². The molecule has 2 aliphatic carbocycles. The maximum Gasteiger partial charge on any atom is 0.251 e. The normalized spacial score (nSPS) is 17.6. The molecule has 8 nitrogen and oxygen atoms in total. The average Bonchev–Trinajstić information content (AvgIpc) is 3.66. The minimum atomic E-state index is -0.907. The van der Waals surface area contributed by atoms with Gasteiger partial charge in [0.05, 0.1) is 17.3 Å². The summed E-state index contributed by atoms with van der Waals surface area (Å²) < 4.78 is 30.3. The molecule has 2 aromatic carbocycles. The number of carbonyl (C=O) groups excluding carboxylic acids is 3. The number of fused-ring (bicyclic) bond motifs is 5. The lowest BCUT2D eigenvalue weighted by Crippen LogP contribution is -2.34. The van der Waals surface area contributed by atoms with Crippen LogP contribution in [0.5, 0.6) is 0 Å². The minimum absolute atomic E-state index is 0.0946. The van der Waals surface area contributed by atoms with Gasteiger partial charge in [0, 0.05) is 28.9 Å². The van der Waals surface area contributed by atoms with Crippen molar-refractivity contribution in [2.24, 2.45) is 5.73 Å². The third kappa shape index (κ3) is 5.08. The molecule has 2 aliphatic rings. The third-order valence-electron chi connectivity index (χ3n) is 8.28. The Hall–Kier alpha value is -4.73. The number of pyridine rings is 1. The summed E-state index contributed by atoms with van der Waals surface area (Å²) >= 11 is 0. The van der Waals surface area contributed by atoms with Crippen molar-refractivity contribution in [2.75, 3.05) is 0 Å². The van der Waals surface area contributed by atoms with Crippen molar-refractivity contribution >= 4 is 18.1 Å². The molecule has 10 heteroatoms. The topological polar surface area (TPSA) is 120 Å². The van der Waals surface area contributed by atoms with Gasteiger partial charge in [0.15, 0.2) is 6.29 Å². The Morgan fingerprint density at radius 1 is 1.14 bits per heavy atom. The molecule has 214 valence electrons. The SMILES string of the molecule is Cc1cc(F)cc(C[C@H](NC(=O)Cn2nc(C=O)c3c2C2CCC3C2)c2ncccc2-c2ccc(F)c(C(N)=O)c2)c1. The quantitative estimate of drug-likeness (QED) is 0.278. The van der Waals surface area contributed by atoms with Gasteiger partial charge in [0.1, 0.15) is 23.9 Å². The molecule has 1 saturated carbocycles. The molecule has 42 heavy (non-hydrogen) atoms. The Balaban J connectivity index is 1.36. The lowest BCUT2D eigenvalue weighted by atomic mass is 9.94. The van der Waals surface area contributed by atoms with Crippen molar-refractivity contribution in [2.45, 2.75) is 57.0 Å². The number of hydrogen-bond donors (Lipinski definition) is 2. The van der Waals surface area contributed by atoms with E-state index in [0.29, 0.717) is 34.0 Å². The highest BCUT2D eigenvalue weighted by Crippen LogP contribution is 2.53. The summed E-state index contributed by atoms with van der Waals surface area (Å²) in [4.78, 5) is 41.8. The monoisotopic (exact) mass is 569 g/mol. The summed E-state index contributed by atoms with van der Waals surface area (Å²) in [6.45, 7) is 1.69. The number of halogens is 2. The van der Waals surface area contributed by atoms with Crippen LogP contribution in [-0.2, 0) is 17.8 Å². The van der Waals surface area contributed by atoms with Crippen molar-refractivity contribution in [1.82, 2.24) is 20.1 Å². The van der Waals surface area contributed by atoms with Crippen LogP contribution in [-0.4, -0.2) is 32.9 Å². The van der Waals surface area contributed by atoms with Gasteiger partial charge in [-0.3, -0.25) is 24.0 Å².